The highest BCUT2D eigenvalue weighted by Crippen LogP contribution is 2.42. The van der Waals surface area contributed by atoms with E-state index in [9.17, 15) is 8.42 Å². The van der Waals surface area contributed by atoms with Crippen LogP contribution < -0.4 is 0 Å². The standard InChI is InChI=1S/C13H14Cl3NO2S/c14-6-9-4-10(15)5-12(13(9)16)20(18,19)17-7-8-1-2-11(17)3-8/h4-5,8,11H,1-3,6-7H2. The van der Waals surface area contributed by atoms with E-state index in [0.717, 1.165) is 19.3 Å². The third-order valence-corrected chi connectivity index (χ3v) is 7.18. The molecule has 0 spiro atoms. The molecule has 2 atom stereocenters. The number of halogens is 3. The predicted octanol–water partition coefficient (Wildman–Crippen LogP) is 3.91. The summed E-state index contributed by atoms with van der Waals surface area (Å²) >= 11 is 18.0. The zero-order valence-corrected chi connectivity index (χ0v) is 13.7. The number of alkyl halides is 1. The summed E-state index contributed by atoms with van der Waals surface area (Å²) < 4.78 is 27.2. The molecular formula is C13H14Cl3NO2S. The maximum absolute atomic E-state index is 12.8. The SMILES string of the molecule is O=S(=O)(c1cc(Cl)cc(CCl)c1Cl)N1CC2CCC1C2. The van der Waals surface area contributed by atoms with Crippen LogP contribution in [0.15, 0.2) is 17.0 Å². The van der Waals surface area contributed by atoms with Gasteiger partial charge in [0.25, 0.3) is 0 Å². The summed E-state index contributed by atoms with van der Waals surface area (Å²) in [5.41, 5.74) is 0.545. The Morgan fingerprint density at radius 2 is 2.00 bits per heavy atom. The highest BCUT2D eigenvalue weighted by molar-refractivity contribution is 7.89. The van der Waals surface area contributed by atoms with Gasteiger partial charge in [0, 0.05) is 23.5 Å². The maximum Gasteiger partial charge on any atom is 0.244 e. The molecule has 0 aromatic heterocycles. The molecule has 2 fully saturated rings. The lowest BCUT2D eigenvalue weighted by molar-refractivity contribution is 0.333. The summed E-state index contributed by atoms with van der Waals surface area (Å²) in [5.74, 6) is 0.619. The quantitative estimate of drug-likeness (QED) is 0.772. The van der Waals surface area contributed by atoms with Gasteiger partial charge in [0.05, 0.1) is 5.02 Å². The average molecular weight is 355 g/mol. The Balaban J connectivity index is 2.06. The van der Waals surface area contributed by atoms with Crippen molar-refractivity contribution in [3.05, 3.63) is 27.7 Å². The van der Waals surface area contributed by atoms with Crippen molar-refractivity contribution in [1.29, 1.82) is 0 Å². The largest absolute Gasteiger partial charge is 0.244 e. The van der Waals surface area contributed by atoms with Crippen LogP contribution in [0.25, 0.3) is 0 Å². The lowest BCUT2D eigenvalue weighted by Crippen LogP contribution is -2.37. The molecule has 1 aromatic rings. The van der Waals surface area contributed by atoms with Crippen LogP contribution >= 0.6 is 34.8 Å². The summed E-state index contributed by atoms with van der Waals surface area (Å²) in [6.45, 7) is 0.589. The highest BCUT2D eigenvalue weighted by atomic mass is 35.5. The summed E-state index contributed by atoms with van der Waals surface area (Å²) in [6.07, 6.45) is 3.01. The molecule has 7 heteroatoms. The van der Waals surface area contributed by atoms with Gasteiger partial charge in [0.2, 0.25) is 10.0 Å². The van der Waals surface area contributed by atoms with E-state index in [1.165, 1.54) is 6.07 Å². The highest BCUT2D eigenvalue weighted by Gasteiger charge is 2.44. The molecule has 1 aromatic carbocycles. The van der Waals surface area contributed by atoms with Crippen molar-refractivity contribution < 1.29 is 8.42 Å². The normalized spacial score (nSPS) is 26.4. The molecule has 110 valence electrons. The molecule has 1 saturated carbocycles. The predicted molar refractivity (Wildman–Crippen MR) is 81.0 cm³/mol. The first-order valence-corrected chi connectivity index (χ1v) is 9.22. The third kappa shape index (κ3) is 2.35. The second kappa shape index (κ2) is 5.33. The fourth-order valence-corrected chi connectivity index (χ4v) is 6.13. The fourth-order valence-electron chi connectivity index (χ4n) is 3.20. The molecule has 0 radical (unpaired) electrons. The van der Waals surface area contributed by atoms with Gasteiger partial charge in [0.1, 0.15) is 4.90 Å². The van der Waals surface area contributed by atoms with E-state index < -0.39 is 10.0 Å². The molecule has 1 aliphatic heterocycles. The van der Waals surface area contributed by atoms with E-state index in [-0.39, 0.29) is 21.8 Å². The monoisotopic (exact) mass is 353 g/mol. The molecule has 1 saturated heterocycles. The minimum absolute atomic E-state index is 0.0786. The molecule has 1 aliphatic carbocycles. The zero-order valence-electron chi connectivity index (χ0n) is 10.7. The van der Waals surface area contributed by atoms with Crippen molar-refractivity contribution in [1.82, 2.24) is 4.31 Å². The van der Waals surface area contributed by atoms with Crippen LogP contribution in [-0.4, -0.2) is 25.3 Å². The first kappa shape index (κ1) is 14.9. The zero-order chi connectivity index (χ0) is 14.5. The molecule has 2 bridgehead atoms. The van der Waals surface area contributed by atoms with Crippen LogP contribution in [0.1, 0.15) is 24.8 Å². The second-order valence-corrected chi connectivity index (χ2v) is 8.36. The van der Waals surface area contributed by atoms with Crippen LogP contribution in [0.4, 0.5) is 0 Å². The Bertz CT molecular complexity index is 647. The number of nitrogens with zero attached hydrogens (tertiary/aromatic N) is 1. The Morgan fingerprint density at radius 3 is 2.55 bits per heavy atom. The first-order chi connectivity index (χ1) is 9.43. The number of benzene rings is 1. The van der Waals surface area contributed by atoms with E-state index in [1.54, 1.807) is 10.4 Å². The smallest absolute Gasteiger partial charge is 0.207 e. The van der Waals surface area contributed by atoms with Gasteiger partial charge in [-0.25, -0.2) is 8.42 Å². The molecule has 0 amide bonds. The van der Waals surface area contributed by atoms with Gasteiger partial charge in [-0.2, -0.15) is 4.31 Å². The van der Waals surface area contributed by atoms with Crippen LogP contribution in [0.2, 0.25) is 10.0 Å². The first-order valence-electron chi connectivity index (χ1n) is 6.49. The van der Waals surface area contributed by atoms with Gasteiger partial charge < -0.3 is 0 Å². The Morgan fingerprint density at radius 1 is 1.25 bits per heavy atom. The summed E-state index contributed by atoms with van der Waals surface area (Å²) in [4.78, 5) is 0.0786. The molecule has 3 nitrogen and oxygen atoms in total. The summed E-state index contributed by atoms with van der Waals surface area (Å²) in [7, 11) is -3.60. The number of piperidine rings is 1. The summed E-state index contributed by atoms with van der Waals surface area (Å²) in [6, 6.07) is 3.13. The molecule has 20 heavy (non-hydrogen) atoms. The number of rotatable bonds is 3. The minimum atomic E-state index is -3.60. The summed E-state index contributed by atoms with van der Waals surface area (Å²) in [5, 5.41) is 0.528. The lowest BCUT2D eigenvalue weighted by atomic mass is 10.1. The topological polar surface area (TPSA) is 37.4 Å². The molecule has 3 rings (SSSR count). The molecule has 2 unspecified atom stereocenters. The maximum atomic E-state index is 12.8. The van der Waals surface area contributed by atoms with E-state index in [0.29, 0.717) is 23.0 Å². The lowest BCUT2D eigenvalue weighted by Gasteiger charge is -2.26. The van der Waals surface area contributed by atoms with E-state index >= 15 is 0 Å². The molecule has 1 heterocycles. The second-order valence-electron chi connectivity index (χ2n) is 5.42. The minimum Gasteiger partial charge on any atom is -0.207 e. The van der Waals surface area contributed by atoms with Gasteiger partial charge in [-0.3, -0.25) is 0 Å². The molecular weight excluding hydrogens is 341 g/mol. The van der Waals surface area contributed by atoms with E-state index in [4.69, 9.17) is 34.8 Å². The van der Waals surface area contributed by atoms with E-state index in [2.05, 4.69) is 0 Å². The third-order valence-electron chi connectivity index (χ3n) is 4.17. The Labute approximate surface area is 133 Å². The average Bonchev–Trinajstić information content (AvgIpc) is 3.03. The van der Waals surface area contributed by atoms with Crippen LogP contribution in [0.5, 0.6) is 0 Å². The van der Waals surface area contributed by atoms with E-state index in [1.807, 2.05) is 0 Å². The van der Waals surface area contributed by atoms with Crippen LogP contribution in [-0.2, 0) is 15.9 Å². The van der Waals surface area contributed by atoms with Gasteiger partial charge >= 0.3 is 0 Å². The van der Waals surface area contributed by atoms with Gasteiger partial charge in [0.15, 0.2) is 0 Å². The van der Waals surface area contributed by atoms with Crippen molar-refractivity contribution in [2.75, 3.05) is 6.54 Å². The van der Waals surface area contributed by atoms with Gasteiger partial charge in [-0.15, -0.1) is 11.6 Å². The van der Waals surface area contributed by atoms with Crippen molar-refractivity contribution in [3.63, 3.8) is 0 Å². The van der Waals surface area contributed by atoms with Crippen molar-refractivity contribution >= 4 is 44.8 Å². The number of sulfonamides is 1. The molecule has 2 aliphatic rings. The number of fused-ring (bicyclic) bond motifs is 2. The van der Waals surface area contributed by atoms with Crippen molar-refractivity contribution in [2.45, 2.75) is 36.1 Å². The van der Waals surface area contributed by atoms with Gasteiger partial charge in [-0.05, 0) is 42.9 Å². The van der Waals surface area contributed by atoms with Crippen molar-refractivity contribution in [3.8, 4) is 0 Å². The van der Waals surface area contributed by atoms with Crippen LogP contribution in [0.3, 0.4) is 0 Å². The van der Waals surface area contributed by atoms with Crippen molar-refractivity contribution in [2.24, 2.45) is 5.92 Å². The number of hydrogen-bond donors (Lipinski definition) is 0. The number of hydrogen-bond acceptors (Lipinski definition) is 2. The van der Waals surface area contributed by atoms with Crippen LogP contribution in [0, 0.1) is 5.92 Å². The molecule has 0 N–H and O–H groups in total. The fraction of sp³-hybridized carbons (Fsp3) is 0.538. The Hall–Kier alpha value is -0.000000000000000132. The Kier molecular flexibility index (Phi) is 3.97. The van der Waals surface area contributed by atoms with Gasteiger partial charge in [-0.1, -0.05) is 23.2 Å².